The van der Waals surface area contributed by atoms with E-state index in [9.17, 15) is 14.0 Å². The largest absolute Gasteiger partial charge is 0.459 e. The first kappa shape index (κ1) is 19.7. The van der Waals surface area contributed by atoms with Gasteiger partial charge in [0.15, 0.2) is 5.76 Å². The highest BCUT2D eigenvalue weighted by atomic mass is 32.2. The first-order valence-corrected chi connectivity index (χ1v) is 9.72. The maximum absolute atomic E-state index is 12.8. The van der Waals surface area contributed by atoms with Crippen molar-refractivity contribution < 1.29 is 18.4 Å². The Morgan fingerprint density at radius 2 is 1.71 bits per heavy atom. The number of amides is 2. The molecular formula is C21H19FN2O3S. The van der Waals surface area contributed by atoms with Gasteiger partial charge < -0.3 is 15.1 Å². The zero-order valence-corrected chi connectivity index (χ0v) is 15.8. The molecule has 2 N–H and O–H groups in total. The van der Waals surface area contributed by atoms with Crippen LogP contribution < -0.4 is 10.6 Å². The highest BCUT2D eigenvalue weighted by Crippen LogP contribution is 2.18. The molecule has 1 aromatic heterocycles. The van der Waals surface area contributed by atoms with Gasteiger partial charge in [-0.05, 0) is 72.8 Å². The summed E-state index contributed by atoms with van der Waals surface area (Å²) in [5.41, 5.74) is 1.09. The molecule has 0 aliphatic carbocycles. The number of hydrogen-bond donors (Lipinski definition) is 2. The number of nitrogens with one attached hydrogen (secondary N) is 2. The Morgan fingerprint density at radius 1 is 0.964 bits per heavy atom. The van der Waals surface area contributed by atoms with E-state index < -0.39 is 0 Å². The Bertz CT molecular complexity index is 910. The SMILES string of the molecule is O=C(NCCCSc1ccc(F)cc1)c1ccc(NC(=O)c2ccco2)cc1. The van der Waals surface area contributed by atoms with Crippen molar-refractivity contribution in [1.82, 2.24) is 5.32 Å². The molecule has 3 rings (SSSR count). The Kier molecular flexibility index (Phi) is 6.86. The zero-order valence-electron chi connectivity index (χ0n) is 15.0. The summed E-state index contributed by atoms with van der Waals surface area (Å²) < 4.78 is 17.9. The number of benzene rings is 2. The van der Waals surface area contributed by atoms with E-state index in [1.54, 1.807) is 60.3 Å². The molecule has 0 saturated heterocycles. The summed E-state index contributed by atoms with van der Waals surface area (Å²) in [6, 6.07) is 16.2. The van der Waals surface area contributed by atoms with Crippen molar-refractivity contribution in [3.05, 3.63) is 84.1 Å². The van der Waals surface area contributed by atoms with Crippen LogP contribution in [0.2, 0.25) is 0 Å². The summed E-state index contributed by atoms with van der Waals surface area (Å²) in [6.45, 7) is 0.546. The van der Waals surface area contributed by atoms with E-state index in [1.807, 2.05) is 0 Å². The van der Waals surface area contributed by atoms with Gasteiger partial charge in [-0.15, -0.1) is 11.8 Å². The first-order chi connectivity index (χ1) is 13.6. The highest BCUT2D eigenvalue weighted by molar-refractivity contribution is 7.99. The van der Waals surface area contributed by atoms with E-state index in [0.717, 1.165) is 17.1 Å². The van der Waals surface area contributed by atoms with Gasteiger partial charge in [0.1, 0.15) is 5.82 Å². The fourth-order valence-electron chi connectivity index (χ4n) is 2.40. The molecule has 2 amide bonds. The predicted molar refractivity (Wildman–Crippen MR) is 107 cm³/mol. The van der Waals surface area contributed by atoms with Crippen LogP contribution in [0.15, 0.2) is 76.2 Å². The Labute approximate surface area is 166 Å². The van der Waals surface area contributed by atoms with Crippen molar-refractivity contribution in [2.75, 3.05) is 17.6 Å². The van der Waals surface area contributed by atoms with Crippen molar-refractivity contribution >= 4 is 29.3 Å². The molecule has 0 fully saturated rings. The number of thioether (sulfide) groups is 1. The van der Waals surface area contributed by atoms with Gasteiger partial charge in [-0.25, -0.2) is 4.39 Å². The van der Waals surface area contributed by atoms with Crippen LogP contribution in [0.25, 0.3) is 0 Å². The van der Waals surface area contributed by atoms with Crippen LogP contribution in [-0.2, 0) is 0 Å². The van der Waals surface area contributed by atoms with Crippen LogP contribution in [0.4, 0.5) is 10.1 Å². The average molecular weight is 398 g/mol. The van der Waals surface area contributed by atoms with E-state index in [4.69, 9.17) is 4.42 Å². The monoisotopic (exact) mass is 398 g/mol. The molecule has 0 bridgehead atoms. The van der Waals surface area contributed by atoms with Crippen LogP contribution in [0.1, 0.15) is 27.3 Å². The van der Waals surface area contributed by atoms with Crippen molar-refractivity contribution in [1.29, 1.82) is 0 Å². The normalized spacial score (nSPS) is 10.5. The zero-order chi connectivity index (χ0) is 19.8. The molecule has 0 radical (unpaired) electrons. The van der Waals surface area contributed by atoms with Crippen LogP contribution >= 0.6 is 11.8 Å². The molecule has 0 saturated carbocycles. The van der Waals surface area contributed by atoms with Crippen LogP contribution in [0.3, 0.4) is 0 Å². The van der Waals surface area contributed by atoms with Gasteiger partial charge in [-0.3, -0.25) is 9.59 Å². The van der Waals surface area contributed by atoms with Gasteiger partial charge in [0.05, 0.1) is 6.26 Å². The maximum atomic E-state index is 12.8. The summed E-state index contributed by atoms with van der Waals surface area (Å²) >= 11 is 1.62. The number of carbonyl (C=O) groups excluding carboxylic acids is 2. The Morgan fingerprint density at radius 3 is 2.39 bits per heavy atom. The molecule has 2 aromatic carbocycles. The van der Waals surface area contributed by atoms with Crippen molar-refractivity contribution in [2.45, 2.75) is 11.3 Å². The number of hydrogen-bond acceptors (Lipinski definition) is 4. The third kappa shape index (κ3) is 5.72. The molecule has 0 unspecified atom stereocenters. The number of halogens is 1. The smallest absolute Gasteiger partial charge is 0.291 e. The van der Waals surface area contributed by atoms with E-state index in [1.165, 1.54) is 18.4 Å². The molecule has 0 aliphatic rings. The quantitative estimate of drug-likeness (QED) is 0.430. The van der Waals surface area contributed by atoms with Crippen molar-refractivity contribution in [3.63, 3.8) is 0 Å². The molecule has 0 atom stereocenters. The van der Waals surface area contributed by atoms with Gasteiger partial charge in [0.2, 0.25) is 0 Å². The molecule has 144 valence electrons. The standard InChI is InChI=1S/C21H19FN2O3S/c22-16-6-10-18(11-7-16)28-14-2-12-23-20(25)15-4-8-17(9-5-15)24-21(26)19-3-1-13-27-19/h1,3-11,13H,2,12,14H2,(H,23,25)(H,24,26). The lowest BCUT2D eigenvalue weighted by molar-refractivity contribution is 0.0953. The van der Waals surface area contributed by atoms with Gasteiger partial charge in [-0.1, -0.05) is 0 Å². The van der Waals surface area contributed by atoms with E-state index >= 15 is 0 Å². The number of carbonyl (C=O) groups is 2. The predicted octanol–water partition coefficient (Wildman–Crippen LogP) is 4.58. The lowest BCUT2D eigenvalue weighted by Gasteiger charge is -2.07. The minimum atomic E-state index is -0.346. The summed E-state index contributed by atoms with van der Waals surface area (Å²) in [4.78, 5) is 25.1. The second kappa shape index (κ2) is 9.75. The first-order valence-electron chi connectivity index (χ1n) is 8.73. The van der Waals surface area contributed by atoms with Crippen LogP contribution in [0.5, 0.6) is 0 Å². The molecule has 1 heterocycles. The van der Waals surface area contributed by atoms with Crippen LogP contribution in [0, 0.1) is 5.82 Å². The van der Waals surface area contributed by atoms with Gasteiger partial charge in [0.25, 0.3) is 11.8 Å². The van der Waals surface area contributed by atoms with Crippen LogP contribution in [-0.4, -0.2) is 24.1 Å². The lowest BCUT2D eigenvalue weighted by atomic mass is 10.2. The summed E-state index contributed by atoms with van der Waals surface area (Å²) in [5, 5.41) is 5.56. The molecule has 5 nitrogen and oxygen atoms in total. The highest BCUT2D eigenvalue weighted by Gasteiger charge is 2.09. The fourth-order valence-corrected chi connectivity index (χ4v) is 3.26. The molecule has 28 heavy (non-hydrogen) atoms. The van der Waals surface area contributed by atoms with E-state index in [2.05, 4.69) is 10.6 Å². The van der Waals surface area contributed by atoms with E-state index in [0.29, 0.717) is 17.8 Å². The lowest BCUT2D eigenvalue weighted by Crippen LogP contribution is -2.24. The summed E-state index contributed by atoms with van der Waals surface area (Å²) in [7, 11) is 0. The average Bonchev–Trinajstić information content (AvgIpc) is 3.24. The Hall–Kier alpha value is -3.06. The summed E-state index contributed by atoms with van der Waals surface area (Å²) in [6.07, 6.45) is 2.23. The second-order valence-electron chi connectivity index (χ2n) is 5.92. The molecular weight excluding hydrogens is 379 g/mol. The third-order valence-electron chi connectivity index (χ3n) is 3.84. The minimum Gasteiger partial charge on any atom is -0.459 e. The fraction of sp³-hybridized carbons (Fsp3) is 0.143. The van der Waals surface area contributed by atoms with Gasteiger partial charge in [0, 0.05) is 22.7 Å². The number of furan rings is 1. The van der Waals surface area contributed by atoms with Gasteiger partial charge >= 0.3 is 0 Å². The third-order valence-corrected chi connectivity index (χ3v) is 4.94. The van der Waals surface area contributed by atoms with Crippen molar-refractivity contribution in [2.24, 2.45) is 0 Å². The van der Waals surface area contributed by atoms with Crippen molar-refractivity contribution in [3.8, 4) is 0 Å². The topological polar surface area (TPSA) is 71.3 Å². The number of anilines is 1. The summed E-state index contributed by atoms with van der Waals surface area (Å²) in [5.74, 6) is 0.281. The molecule has 7 heteroatoms. The van der Waals surface area contributed by atoms with Gasteiger partial charge in [-0.2, -0.15) is 0 Å². The second-order valence-corrected chi connectivity index (χ2v) is 7.09. The number of rotatable bonds is 8. The van der Waals surface area contributed by atoms with E-state index in [-0.39, 0.29) is 23.4 Å². The Balaban J connectivity index is 1.39. The molecule has 3 aromatic rings. The molecule has 0 aliphatic heterocycles. The minimum absolute atomic E-state index is 0.171. The maximum Gasteiger partial charge on any atom is 0.291 e. The molecule has 0 spiro atoms.